The van der Waals surface area contributed by atoms with E-state index in [9.17, 15) is 4.79 Å². The van der Waals surface area contributed by atoms with Crippen LogP contribution in [0.25, 0.3) is 0 Å². The van der Waals surface area contributed by atoms with Crippen LogP contribution in [-0.2, 0) is 9.53 Å². The van der Waals surface area contributed by atoms with Gasteiger partial charge in [-0.15, -0.1) is 0 Å². The zero-order valence-corrected chi connectivity index (χ0v) is 9.97. The lowest BCUT2D eigenvalue weighted by Gasteiger charge is -2.06. The molecule has 0 unspecified atom stereocenters. The van der Waals surface area contributed by atoms with Gasteiger partial charge in [0.15, 0.2) is 0 Å². The molecule has 0 aliphatic heterocycles. The number of carbonyl (C=O) groups is 1. The van der Waals surface area contributed by atoms with Crippen LogP contribution in [0.1, 0.15) is 33.1 Å². The van der Waals surface area contributed by atoms with E-state index in [2.05, 4.69) is 24.5 Å². The lowest BCUT2D eigenvalue weighted by molar-refractivity contribution is -0.125. The monoisotopic (exact) mass is 216 g/mol. The van der Waals surface area contributed by atoms with E-state index >= 15 is 0 Å². The van der Waals surface area contributed by atoms with Gasteiger partial charge < -0.3 is 15.4 Å². The minimum absolute atomic E-state index is 0.0149. The summed E-state index contributed by atoms with van der Waals surface area (Å²) in [4.78, 5) is 11.2. The van der Waals surface area contributed by atoms with Crippen molar-refractivity contribution in [3.05, 3.63) is 0 Å². The predicted octanol–water partition coefficient (Wildman–Crippen LogP) is 0.919. The molecule has 0 saturated carbocycles. The molecule has 4 nitrogen and oxygen atoms in total. The molecule has 0 radical (unpaired) electrons. The predicted molar refractivity (Wildman–Crippen MR) is 61.9 cm³/mol. The van der Waals surface area contributed by atoms with Gasteiger partial charge in [0.2, 0.25) is 5.91 Å². The van der Waals surface area contributed by atoms with E-state index < -0.39 is 0 Å². The fourth-order valence-corrected chi connectivity index (χ4v) is 1.07. The molecule has 0 fully saturated rings. The lowest BCUT2D eigenvalue weighted by Crippen LogP contribution is -2.30. The van der Waals surface area contributed by atoms with Crippen molar-refractivity contribution in [1.82, 2.24) is 10.6 Å². The van der Waals surface area contributed by atoms with E-state index in [4.69, 9.17) is 4.74 Å². The van der Waals surface area contributed by atoms with Crippen molar-refractivity contribution in [2.75, 3.05) is 32.8 Å². The maximum atomic E-state index is 11.2. The maximum absolute atomic E-state index is 11.2. The average Bonchev–Trinajstić information content (AvgIpc) is 2.23. The summed E-state index contributed by atoms with van der Waals surface area (Å²) in [7, 11) is 0. The molecule has 0 aromatic rings. The average molecular weight is 216 g/mol. The largest absolute Gasteiger partial charge is 0.370 e. The fourth-order valence-electron chi connectivity index (χ4n) is 1.07. The second kappa shape index (κ2) is 11.5. The Morgan fingerprint density at radius 2 is 1.93 bits per heavy atom. The Morgan fingerprint density at radius 3 is 2.60 bits per heavy atom. The Kier molecular flexibility index (Phi) is 11.0. The molecule has 15 heavy (non-hydrogen) atoms. The van der Waals surface area contributed by atoms with Gasteiger partial charge in [0, 0.05) is 13.1 Å². The van der Waals surface area contributed by atoms with Crippen molar-refractivity contribution >= 4 is 5.91 Å². The molecular weight excluding hydrogens is 192 g/mol. The molecule has 4 heteroatoms. The number of rotatable bonds is 10. The van der Waals surface area contributed by atoms with Crippen molar-refractivity contribution in [3.63, 3.8) is 0 Å². The second-order valence-corrected chi connectivity index (χ2v) is 3.51. The quantitative estimate of drug-likeness (QED) is 0.534. The Morgan fingerprint density at radius 1 is 1.13 bits per heavy atom. The van der Waals surface area contributed by atoms with Crippen LogP contribution in [0, 0.1) is 0 Å². The fraction of sp³-hybridized carbons (Fsp3) is 0.909. The van der Waals surface area contributed by atoms with E-state index in [0.29, 0.717) is 6.61 Å². The molecule has 1 amide bonds. The minimum atomic E-state index is -0.0149. The van der Waals surface area contributed by atoms with E-state index in [-0.39, 0.29) is 12.5 Å². The SMILES string of the molecule is CCCCNC(=O)COCCNCCC. The number of nitrogens with one attached hydrogen (secondary N) is 2. The molecule has 0 rings (SSSR count). The van der Waals surface area contributed by atoms with Gasteiger partial charge in [0.1, 0.15) is 6.61 Å². The van der Waals surface area contributed by atoms with Crippen LogP contribution >= 0.6 is 0 Å². The van der Waals surface area contributed by atoms with Crippen LogP contribution in [0.3, 0.4) is 0 Å². The molecule has 0 heterocycles. The highest BCUT2D eigenvalue weighted by Gasteiger charge is 1.98. The van der Waals surface area contributed by atoms with Gasteiger partial charge in [0.05, 0.1) is 6.61 Å². The third kappa shape index (κ3) is 11.3. The molecule has 0 aliphatic carbocycles. The normalized spacial score (nSPS) is 10.3. The molecule has 0 aliphatic rings. The third-order valence-electron chi connectivity index (χ3n) is 1.94. The van der Waals surface area contributed by atoms with E-state index in [1.807, 2.05) is 0 Å². The number of hydrogen-bond acceptors (Lipinski definition) is 3. The van der Waals surface area contributed by atoms with Crippen molar-refractivity contribution in [3.8, 4) is 0 Å². The first-order valence-corrected chi connectivity index (χ1v) is 5.86. The number of carbonyl (C=O) groups excluding carboxylic acids is 1. The standard InChI is InChI=1S/C11H24N2O2/c1-3-5-7-13-11(14)10-15-9-8-12-6-4-2/h12H,3-10H2,1-2H3,(H,13,14). The van der Waals surface area contributed by atoms with Crippen LogP contribution in [0.4, 0.5) is 0 Å². The zero-order valence-electron chi connectivity index (χ0n) is 9.97. The van der Waals surface area contributed by atoms with Gasteiger partial charge in [-0.1, -0.05) is 20.3 Å². The first-order chi connectivity index (χ1) is 7.31. The topological polar surface area (TPSA) is 50.4 Å². The second-order valence-electron chi connectivity index (χ2n) is 3.51. The number of amides is 1. The van der Waals surface area contributed by atoms with Crippen LogP contribution < -0.4 is 10.6 Å². The summed E-state index contributed by atoms with van der Waals surface area (Å²) in [5.41, 5.74) is 0. The number of ether oxygens (including phenoxy) is 1. The Labute approximate surface area is 92.8 Å². The van der Waals surface area contributed by atoms with Crippen LogP contribution in [0.15, 0.2) is 0 Å². The van der Waals surface area contributed by atoms with Crippen molar-refractivity contribution in [2.45, 2.75) is 33.1 Å². The van der Waals surface area contributed by atoms with Crippen molar-refractivity contribution in [1.29, 1.82) is 0 Å². The summed E-state index contributed by atoms with van der Waals surface area (Å²) in [6.07, 6.45) is 3.25. The first-order valence-electron chi connectivity index (χ1n) is 5.86. The minimum Gasteiger partial charge on any atom is -0.370 e. The van der Waals surface area contributed by atoms with Crippen molar-refractivity contribution in [2.24, 2.45) is 0 Å². The molecule has 0 spiro atoms. The smallest absolute Gasteiger partial charge is 0.245 e. The van der Waals surface area contributed by atoms with Gasteiger partial charge in [-0.05, 0) is 19.4 Å². The van der Waals surface area contributed by atoms with Gasteiger partial charge in [-0.3, -0.25) is 4.79 Å². The number of unbranched alkanes of at least 4 members (excludes halogenated alkanes) is 1. The van der Waals surface area contributed by atoms with Crippen LogP contribution in [-0.4, -0.2) is 38.8 Å². The van der Waals surface area contributed by atoms with Crippen LogP contribution in [0.2, 0.25) is 0 Å². The van der Waals surface area contributed by atoms with E-state index in [1.165, 1.54) is 0 Å². The van der Waals surface area contributed by atoms with Gasteiger partial charge >= 0.3 is 0 Å². The summed E-state index contributed by atoms with van der Waals surface area (Å²) >= 11 is 0. The molecule has 2 N–H and O–H groups in total. The first kappa shape index (κ1) is 14.4. The molecule has 90 valence electrons. The molecular formula is C11H24N2O2. The zero-order chi connectivity index (χ0) is 11.4. The lowest BCUT2D eigenvalue weighted by atomic mass is 10.3. The summed E-state index contributed by atoms with van der Waals surface area (Å²) in [5, 5.41) is 6.01. The summed E-state index contributed by atoms with van der Waals surface area (Å²) in [6, 6.07) is 0. The molecule has 0 bridgehead atoms. The molecule has 0 saturated heterocycles. The van der Waals surface area contributed by atoms with E-state index in [1.54, 1.807) is 0 Å². The highest BCUT2D eigenvalue weighted by Crippen LogP contribution is 1.83. The Balaban J connectivity index is 3.10. The Bertz CT molecular complexity index is 152. The van der Waals surface area contributed by atoms with Crippen molar-refractivity contribution < 1.29 is 9.53 Å². The third-order valence-corrected chi connectivity index (χ3v) is 1.94. The maximum Gasteiger partial charge on any atom is 0.245 e. The van der Waals surface area contributed by atoms with Crippen LogP contribution in [0.5, 0.6) is 0 Å². The highest BCUT2D eigenvalue weighted by molar-refractivity contribution is 5.77. The highest BCUT2D eigenvalue weighted by atomic mass is 16.5. The molecule has 0 aromatic heterocycles. The number of hydrogen-bond donors (Lipinski definition) is 2. The van der Waals surface area contributed by atoms with Gasteiger partial charge in [-0.2, -0.15) is 0 Å². The van der Waals surface area contributed by atoms with Gasteiger partial charge in [0.25, 0.3) is 0 Å². The Hall–Kier alpha value is -0.610. The van der Waals surface area contributed by atoms with Gasteiger partial charge in [-0.25, -0.2) is 0 Å². The summed E-state index contributed by atoms with van der Waals surface area (Å²) in [5.74, 6) is -0.0149. The summed E-state index contributed by atoms with van der Waals surface area (Å²) < 4.78 is 5.20. The molecule has 0 atom stereocenters. The van der Waals surface area contributed by atoms with E-state index in [0.717, 1.165) is 38.9 Å². The molecule has 0 aromatic carbocycles. The summed E-state index contributed by atoms with van der Waals surface area (Å²) in [6.45, 7) is 7.57.